The molecule has 150 valence electrons. The lowest BCUT2D eigenvalue weighted by Crippen LogP contribution is -2.52. The van der Waals surface area contributed by atoms with E-state index in [2.05, 4.69) is 15.1 Å². The zero-order valence-electron chi connectivity index (χ0n) is 15.7. The predicted molar refractivity (Wildman–Crippen MR) is 103 cm³/mol. The molecule has 1 heterocycles. The van der Waals surface area contributed by atoms with Crippen molar-refractivity contribution in [2.45, 2.75) is 25.7 Å². The molecular formula is C21H24F3N3O. The zero-order chi connectivity index (χ0) is 20.1. The van der Waals surface area contributed by atoms with E-state index in [0.29, 0.717) is 38.3 Å². The van der Waals surface area contributed by atoms with Crippen LogP contribution in [-0.2, 0) is 17.5 Å². The number of benzene rings is 2. The number of halogens is 3. The van der Waals surface area contributed by atoms with Crippen molar-refractivity contribution in [1.82, 2.24) is 9.80 Å². The van der Waals surface area contributed by atoms with E-state index >= 15 is 0 Å². The van der Waals surface area contributed by atoms with Crippen LogP contribution in [0.2, 0.25) is 0 Å². The van der Waals surface area contributed by atoms with Gasteiger partial charge in [-0.1, -0.05) is 36.4 Å². The predicted octanol–water partition coefficient (Wildman–Crippen LogP) is 3.85. The smallest absolute Gasteiger partial charge is 0.325 e. The van der Waals surface area contributed by atoms with Crippen LogP contribution in [-0.4, -0.2) is 47.9 Å². The van der Waals surface area contributed by atoms with E-state index < -0.39 is 11.7 Å². The molecule has 1 saturated heterocycles. The summed E-state index contributed by atoms with van der Waals surface area (Å²) in [6.07, 6.45) is -4.32. The fourth-order valence-corrected chi connectivity index (χ4v) is 3.35. The maximum Gasteiger partial charge on any atom is 0.416 e. The Labute approximate surface area is 162 Å². The number of nitrogens with one attached hydrogen (secondary N) is 1. The number of hydrogen-bond acceptors (Lipinski definition) is 3. The molecule has 0 aliphatic carbocycles. The van der Waals surface area contributed by atoms with Crippen LogP contribution in [0, 0.1) is 0 Å². The Morgan fingerprint density at radius 1 is 1.04 bits per heavy atom. The van der Waals surface area contributed by atoms with Crippen molar-refractivity contribution in [3.8, 4) is 0 Å². The largest absolute Gasteiger partial charge is 0.416 e. The van der Waals surface area contributed by atoms with Crippen LogP contribution in [0.25, 0.3) is 0 Å². The molecule has 4 nitrogen and oxygen atoms in total. The molecular weight excluding hydrogens is 367 g/mol. The number of carbonyl (C=O) groups is 1. The van der Waals surface area contributed by atoms with Gasteiger partial charge in [-0.2, -0.15) is 13.2 Å². The average molecular weight is 391 g/mol. The van der Waals surface area contributed by atoms with Crippen molar-refractivity contribution in [1.29, 1.82) is 0 Å². The molecule has 0 bridgehead atoms. The molecule has 1 atom stereocenters. The van der Waals surface area contributed by atoms with Gasteiger partial charge in [-0.15, -0.1) is 0 Å². The highest BCUT2D eigenvalue weighted by Gasteiger charge is 2.31. The van der Waals surface area contributed by atoms with Crippen LogP contribution in [0.5, 0.6) is 0 Å². The van der Waals surface area contributed by atoms with Gasteiger partial charge in [0.2, 0.25) is 5.91 Å². The van der Waals surface area contributed by atoms with Gasteiger partial charge in [0.1, 0.15) is 0 Å². The Hall–Kier alpha value is -2.38. The third kappa shape index (κ3) is 5.33. The molecule has 1 fully saturated rings. The summed E-state index contributed by atoms with van der Waals surface area (Å²) in [6.45, 7) is 5.16. The number of piperazine rings is 1. The Bertz CT molecular complexity index is 787. The number of nitrogens with zero attached hydrogens (tertiary/aromatic N) is 2. The lowest BCUT2D eigenvalue weighted by Gasteiger charge is -2.37. The molecule has 0 aromatic heterocycles. The molecule has 7 heteroatoms. The summed E-state index contributed by atoms with van der Waals surface area (Å²) in [7, 11) is 0. The van der Waals surface area contributed by atoms with Crippen LogP contribution in [0.3, 0.4) is 0 Å². The SMILES string of the molecule is C[C@@H](C(=O)Nc1ccccc1)N1CCN(Cc2cccc(C(F)(F)F)c2)CC1. The normalized spacial score (nSPS) is 17.3. The highest BCUT2D eigenvalue weighted by Crippen LogP contribution is 2.29. The van der Waals surface area contributed by atoms with Crippen LogP contribution < -0.4 is 5.32 Å². The Morgan fingerprint density at radius 3 is 2.36 bits per heavy atom. The van der Waals surface area contributed by atoms with Gasteiger partial charge in [-0.3, -0.25) is 14.6 Å². The third-order valence-electron chi connectivity index (χ3n) is 5.04. The van der Waals surface area contributed by atoms with Crippen LogP contribution >= 0.6 is 0 Å². The summed E-state index contributed by atoms with van der Waals surface area (Å²) in [4.78, 5) is 16.7. The summed E-state index contributed by atoms with van der Waals surface area (Å²) in [5.74, 6) is -0.0578. The van der Waals surface area contributed by atoms with E-state index in [1.807, 2.05) is 37.3 Å². The quantitative estimate of drug-likeness (QED) is 0.841. The van der Waals surface area contributed by atoms with Crippen molar-refractivity contribution >= 4 is 11.6 Å². The molecule has 1 N–H and O–H groups in total. The van der Waals surface area contributed by atoms with Crippen LogP contribution in [0.1, 0.15) is 18.1 Å². The third-order valence-corrected chi connectivity index (χ3v) is 5.04. The van der Waals surface area contributed by atoms with Gasteiger partial charge in [0.15, 0.2) is 0 Å². The lowest BCUT2D eigenvalue weighted by molar-refractivity contribution is -0.137. The number of hydrogen-bond donors (Lipinski definition) is 1. The number of para-hydroxylation sites is 1. The first kappa shape index (κ1) is 20.4. The summed E-state index contributed by atoms with van der Waals surface area (Å²) in [6, 6.07) is 14.5. The second-order valence-corrected chi connectivity index (χ2v) is 7.04. The molecule has 0 saturated carbocycles. The second-order valence-electron chi connectivity index (χ2n) is 7.04. The van der Waals surface area contributed by atoms with Crippen molar-refractivity contribution in [2.75, 3.05) is 31.5 Å². The monoisotopic (exact) mass is 391 g/mol. The first-order valence-electron chi connectivity index (χ1n) is 9.31. The molecule has 0 unspecified atom stereocenters. The number of carbonyl (C=O) groups excluding carboxylic acids is 1. The highest BCUT2D eigenvalue weighted by atomic mass is 19.4. The Balaban J connectivity index is 1.51. The number of amides is 1. The molecule has 0 radical (unpaired) electrons. The minimum atomic E-state index is -4.32. The van der Waals surface area contributed by atoms with Crippen molar-refractivity contribution in [3.05, 3.63) is 65.7 Å². The molecule has 28 heavy (non-hydrogen) atoms. The average Bonchev–Trinajstić information content (AvgIpc) is 2.68. The van der Waals surface area contributed by atoms with Gasteiger partial charge in [0.05, 0.1) is 11.6 Å². The number of alkyl halides is 3. The van der Waals surface area contributed by atoms with Gasteiger partial charge in [-0.25, -0.2) is 0 Å². The number of anilines is 1. The molecule has 2 aromatic rings. The Kier molecular flexibility index (Phi) is 6.36. The van der Waals surface area contributed by atoms with Crippen molar-refractivity contribution in [2.24, 2.45) is 0 Å². The topological polar surface area (TPSA) is 35.6 Å². The van der Waals surface area contributed by atoms with Crippen molar-refractivity contribution in [3.63, 3.8) is 0 Å². The lowest BCUT2D eigenvalue weighted by atomic mass is 10.1. The van der Waals surface area contributed by atoms with Crippen LogP contribution in [0.15, 0.2) is 54.6 Å². The molecule has 1 aliphatic heterocycles. The van der Waals surface area contributed by atoms with Crippen LogP contribution in [0.4, 0.5) is 18.9 Å². The highest BCUT2D eigenvalue weighted by molar-refractivity contribution is 5.94. The van der Waals surface area contributed by atoms with Gasteiger partial charge < -0.3 is 5.32 Å². The van der Waals surface area contributed by atoms with Gasteiger partial charge >= 0.3 is 6.18 Å². The minimum Gasteiger partial charge on any atom is -0.325 e. The van der Waals surface area contributed by atoms with E-state index in [-0.39, 0.29) is 11.9 Å². The number of rotatable bonds is 5. The summed E-state index contributed by atoms with van der Waals surface area (Å²) in [5, 5.41) is 2.91. The first-order chi connectivity index (χ1) is 13.3. The van der Waals surface area contributed by atoms with E-state index in [1.54, 1.807) is 6.07 Å². The summed E-state index contributed by atoms with van der Waals surface area (Å²) in [5.41, 5.74) is 0.801. The van der Waals surface area contributed by atoms with Gasteiger partial charge in [-0.05, 0) is 30.7 Å². The maximum atomic E-state index is 12.9. The molecule has 2 aromatic carbocycles. The van der Waals surface area contributed by atoms with Gasteiger partial charge in [0, 0.05) is 38.4 Å². The van der Waals surface area contributed by atoms with E-state index in [9.17, 15) is 18.0 Å². The summed E-state index contributed by atoms with van der Waals surface area (Å²) < 4.78 is 38.6. The molecule has 3 rings (SSSR count). The van der Waals surface area contributed by atoms with E-state index in [1.165, 1.54) is 12.1 Å². The van der Waals surface area contributed by atoms with Gasteiger partial charge in [0.25, 0.3) is 0 Å². The molecule has 1 amide bonds. The second kappa shape index (κ2) is 8.75. The summed E-state index contributed by atoms with van der Waals surface area (Å²) >= 11 is 0. The maximum absolute atomic E-state index is 12.9. The fraction of sp³-hybridized carbons (Fsp3) is 0.381. The molecule has 0 spiro atoms. The Morgan fingerprint density at radius 2 is 1.71 bits per heavy atom. The van der Waals surface area contributed by atoms with E-state index in [4.69, 9.17) is 0 Å². The standard InChI is InChI=1S/C21H24F3N3O/c1-16(20(28)25-19-8-3-2-4-9-19)27-12-10-26(11-13-27)15-17-6-5-7-18(14-17)21(22,23)24/h2-9,14,16H,10-13,15H2,1H3,(H,25,28)/t16-/m0/s1. The van der Waals surface area contributed by atoms with Crippen molar-refractivity contribution < 1.29 is 18.0 Å². The molecule has 1 aliphatic rings. The first-order valence-corrected chi connectivity index (χ1v) is 9.31. The minimum absolute atomic E-state index is 0.0578. The zero-order valence-corrected chi connectivity index (χ0v) is 15.7. The van der Waals surface area contributed by atoms with E-state index in [0.717, 1.165) is 11.8 Å². The fourth-order valence-electron chi connectivity index (χ4n) is 3.35.